The Hall–Kier alpha value is -1.33. The number of rotatable bonds is 4. The predicted molar refractivity (Wildman–Crippen MR) is 69.3 cm³/mol. The molecule has 3 N–H and O–H groups in total. The van der Waals surface area contributed by atoms with Gasteiger partial charge in [-0.3, -0.25) is 5.41 Å². The monoisotopic (exact) mass is 269 g/mol. The molecule has 1 aliphatic heterocycles. The lowest BCUT2D eigenvalue weighted by Gasteiger charge is -2.22. The summed E-state index contributed by atoms with van der Waals surface area (Å²) in [6.45, 7) is 2.13. The van der Waals surface area contributed by atoms with Crippen LogP contribution >= 0.6 is 11.6 Å². The first kappa shape index (κ1) is 13.1. The minimum Gasteiger partial charge on any atom is -0.476 e. The first-order chi connectivity index (χ1) is 8.68. The fourth-order valence-corrected chi connectivity index (χ4v) is 2.11. The van der Waals surface area contributed by atoms with Crippen LogP contribution < -0.4 is 10.5 Å². The third kappa shape index (κ3) is 3.11. The molecule has 1 aromatic heterocycles. The van der Waals surface area contributed by atoms with Crippen LogP contribution in [0.3, 0.4) is 0 Å². The van der Waals surface area contributed by atoms with Gasteiger partial charge in [0.15, 0.2) is 0 Å². The second-order valence-electron chi connectivity index (χ2n) is 4.26. The van der Waals surface area contributed by atoms with Gasteiger partial charge in [0, 0.05) is 25.0 Å². The predicted octanol–water partition coefficient (Wildman–Crippen LogP) is 1.82. The number of amidine groups is 1. The fourth-order valence-electron chi connectivity index (χ4n) is 1.84. The molecule has 0 aromatic carbocycles. The van der Waals surface area contributed by atoms with Crippen LogP contribution in [-0.4, -0.2) is 30.6 Å². The maximum absolute atomic E-state index is 7.39. The highest BCUT2D eigenvalue weighted by Gasteiger charge is 2.16. The van der Waals surface area contributed by atoms with Crippen LogP contribution in [0.5, 0.6) is 5.88 Å². The Morgan fingerprint density at radius 3 is 2.94 bits per heavy atom. The van der Waals surface area contributed by atoms with Crippen LogP contribution in [0.2, 0.25) is 5.02 Å². The SMILES string of the molecule is N=C(N)c1ccnc(OCC2CCOCC2)c1Cl. The molecule has 2 rings (SSSR count). The summed E-state index contributed by atoms with van der Waals surface area (Å²) in [5, 5.41) is 7.70. The number of hydrogen-bond donors (Lipinski definition) is 2. The van der Waals surface area contributed by atoms with Gasteiger partial charge in [-0.15, -0.1) is 0 Å². The van der Waals surface area contributed by atoms with E-state index in [2.05, 4.69) is 4.98 Å². The normalized spacial score (nSPS) is 16.5. The van der Waals surface area contributed by atoms with E-state index < -0.39 is 0 Å². The summed E-state index contributed by atoms with van der Waals surface area (Å²) in [6.07, 6.45) is 3.52. The molecule has 2 heterocycles. The second-order valence-corrected chi connectivity index (χ2v) is 4.64. The molecule has 1 fully saturated rings. The van der Waals surface area contributed by atoms with Crippen LogP contribution in [0.15, 0.2) is 12.3 Å². The zero-order chi connectivity index (χ0) is 13.0. The van der Waals surface area contributed by atoms with Crippen LogP contribution in [0, 0.1) is 11.3 Å². The van der Waals surface area contributed by atoms with Crippen molar-refractivity contribution in [3.05, 3.63) is 22.8 Å². The van der Waals surface area contributed by atoms with Gasteiger partial charge in [0.1, 0.15) is 10.9 Å². The number of nitrogen functional groups attached to an aromatic ring is 1. The van der Waals surface area contributed by atoms with Crippen molar-refractivity contribution in [2.75, 3.05) is 19.8 Å². The van der Waals surface area contributed by atoms with E-state index in [0.717, 1.165) is 26.1 Å². The number of nitrogens with two attached hydrogens (primary N) is 1. The summed E-state index contributed by atoms with van der Waals surface area (Å²) in [7, 11) is 0. The van der Waals surface area contributed by atoms with Crippen molar-refractivity contribution in [2.45, 2.75) is 12.8 Å². The quantitative estimate of drug-likeness (QED) is 0.645. The Morgan fingerprint density at radius 1 is 1.56 bits per heavy atom. The van der Waals surface area contributed by atoms with Gasteiger partial charge in [0.2, 0.25) is 5.88 Å². The molecule has 98 valence electrons. The first-order valence-electron chi connectivity index (χ1n) is 5.88. The highest BCUT2D eigenvalue weighted by molar-refractivity contribution is 6.35. The van der Waals surface area contributed by atoms with Gasteiger partial charge >= 0.3 is 0 Å². The van der Waals surface area contributed by atoms with Crippen LogP contribution in [0.4, 0.5) is 0 Å². The van der Waals surface area contributed by atoms with E-state index in [-0.39, 0.29) is 5.84 Å². The molecule has 0 bridgehead atoms. The Morgan fingerprint density at radius 2 is 2.28 bits per heavy atom. The maximum atomic E-state index is 7.39. The molecule has 1 aromatic rings. The zero-order valence-electron chi connectivity index (χ0n) is 9.99. The summed E-state index contributed by atoms with van der Waals surface area (Å²) >= 11 is 6.09. The molecular weight excluding hydrogens is 254 g/mol. The van der Waals surface area contributed by atoms with Gasteiger partial charge in [0.05, 0.1) is 6.61 Å². The molecule has 0 amide bonds. The molecule has 0 saturated carbocycles. The lowest BCUT2D eigenvalue weighted by atomic mass is 10.0. The second kappa shape index (κ2) is 6.02. The number of halogens is 1. The average molecular weight is 270 g/mol. The lowest BCUT2D eigenvalue weighted by Crippen LogP contribution is -2.22. The summed E-state index contributed by atoms with van der Waals surface area (Å²) in [4.78, 5) is 4.07. The van der Waals surface area contributed by atoms with Crippen molar-refractivity contribution in [1.82, 2.24) is 4.98 Å². The molecule has 0 unspecified atom stereocenters. The Balaban J connectivity index is 2.00. The molecule has 0 atom stereocenters. The van der Waals surface area contributed by atoms with Crippen LogP contribution in [0.25, 0.3) is 0 Å². The molecule has 0 spiro atoms. The molecule has 0 aliphatic carbocycles. The highest BCUT2D eigenvalue weighted by atomic mass is 35.5. The van der Waals surface area contributed by atoms with E-state index in [0.29, 0.717) is 29.0 Å². The van der Waals surface area contributed by atoms with E-state index in [4.69, 9.17) is 32.2 Å². The van der Waals surface area contributed by atoms with Crippen molar-refractivity contribution >= 4 is 17.4 Å². The largest absolute Gasteiger partial charge is 0.476 e. The van der Waals surface area contributed by atoms with Gasteiger partial charge in [-0.1, -0.05) is 11.6 Å². The molecule has 1 saturated heterocycles. The number of pyridine rings is 1. The summed E-state index contributed by atoms with van der Waals surface area (Å²) in [6, 6.07) is 1.60. The molecule has 6 heteroatoms. The number of nitrogens with one attached hydrogen (secondary N) is 1. The van der Waals surface area contributed by atoms with Crippen molar-refractivity contribution in [2.24, 2.45) is 11.7 Å². The van der Waals surface area contributed by atoms with Crippen LogP contribution in [0.1, 0.15) is 18.4 Å². The fraction of sp³-hybridized carbons (Fsp3) is 0.500. The number of hydrogen-bond acceptors (Lipinski definition) is 4. The minimum absolute atomic E-state index is 0.0849. The van der Waals surface area contributed by atoms with Gasteiger partial charge in [-0.25, -0.2) is 4.98 Å². The lowest BCUT2D eigenvalue weighted by molar-refractivity contribution is 0.0490. The number of ether oxygens (including phenoxy) is 2. The summed E-state index contributed by atoms with van der Waals surface area (Å²) in [5.41, 5.74) is 5.87. The standard InChI is InChI=1S/C12H16ClN3O2/c13-10-9(11(14)15)1-4-16-12(10)18-7-8-2-5-17-6-3-8/h1,4,8H,2-3,5-7H2,(H3,14,15). The topological polar surface area (TPSA) is 81.2 Å². The molecule has 1 aliphatic rings. The Bertz CT molecular complexity index is 433. The number of aromatic nitrogens is 1. The van der Waals surface area contributed by atoms with E-state index in [1.54, 1.807) is 12.3 Å². The Labute approximate surface area is 111 Å². The number of nitrogens with zero attached hydrogens (tertiary/aromatic N) is 1. The van der Waals surface area contributed by atoms with E-state index in [1.165, 1.54) is 0 Å². The summed E-state index contributed by atoms with van der Waals surface area (Å²) in [5.74, 6) is 0.728. The molecule has 0 radical (unpaired) electrons. The van der Waals surface area contributed by atoms with E-state index in [1.807, 2.05) is 0 Å². The van der Waals surface area contributed by atoms with Crippen LogP contribution in [-0.2, 0) is 4.74 Å². The van der Waals surface area contributed by atoms with Gasteiger partial charge in [-0.05, 0) is 24.8 Å². The zero-order valence-corrected chi connectivity index (χ0v) is 10.7. The van der Waals surface area contributed by atoms with E-state index >= 15 is 0 Å². The van der Waals surface area contributed by atoms with Crippen molar-refractivity contribution in [3.63, 3.8) is 0 Å². The van der Waals surface area contributed by atoms with E-state index in [9.17, 15) is 0 Å². The molecule has 5 nitrogen and oxygen atoms in total. The smallest absolute Gasteiger partial charge is 0.233 e. The molecule has 18 heavy (non-hydrogen) atoms. The van der Waals surface area contributed by atoms with Gasteiger partial charge < -0.3 is 15.2 Å². The van der Waals surface area contributed by atoms with Crippen molar-refractivity contribution in [1.29, 1.82) is 5.41 Å². The van der Waals surface area contributed by atoms with Gasteiger partial charge in [0.25, 0.3) is 0 Å². The third-order valence-corrected chi connectivity index (χ3v) is 3.31. The highest BCUT2D eigenvalue weighted by Crippen LogP contribution is 2.26. The average Bonchev–Trinajstić information content (AvgIpc) is 2.38. The van der Waals surface area contributed by atoms with Gasteiger partial charge in [-0.2, -0.15) is 0 Å². The van der Waals surface area contributed by atoms with Crippen molar-refractivity contribution in [3.8, 4) is 5.88 Å². The van der Waals surface area contributed by atoms with Crippen molar-refractivity contribution < 1.29 is 9.47 Å². The Kier molecular flexibility index (Phi) is 4.38. The minimum atomic E-state index is -0.0849. The third-order valence-electron chi connectivity index (χ3n) is 2.94. The summed E-state index contributed by atoms with van der Waals surface area (Å²) < 4.78 is 10.9. The maximum Gasteiger partial charge on any atom is 0.233 e. The molecular formula is C12H16ClN3O2. The first-order valence-corrected chi connectivity index (χ1v) is 6.25.